The van der Waals surface area contributed by atoms with Crippen molar-refractivity contribution in [2.24, 2.45) is 0 Å². The second kappa shape index (κ2) is 6.22. The van der Waals surface area contributed by atoms with Gasteiger partial charge < -0.3 is 5.32 Å². The number of carbonyl (C=O) groups is 1. The Morgan fingerprint density at radius 2 is 2.22 bits per heavy atom. The molecular weight excluding hydrogens is 302 g/mol. The minimum absolute atomic E-state index is 0.00582. The Hall–Kier alpha value is -2.05. The zero-order valence-corrected chi connectivity index (χ0v) is 13.3. The number of nitrogens with one attached hydrogen (secondary N) is 1. The zero-order chi connectivity index (χ0) is 16.6. The summed E-state index contributed by atoms with van der Waals surface area (Å²) in [5, 5.41) is 7.40. The highest BCUT2D eigenvalue weighted by molar-refractivity contribution is 5.84. The van der Waals surface area contributed by atoms with Crippen molar-refractivity contribution in [2.75, 3.05) is 6.54 Å². The van der Waals surface area contributed by atoms with Crippen LogP contribution in [0.4, 0.5) is 8.78 Å². The molecule has 1 fully saturated rings. The van der Waals surface area contributed by atoms with Crippen molar-refractivity contribution >= 4 is 16.9 Å². The quantitative estimate of drug-likeness (QED) is 0.889. The highest BCUT2D eigenvalue weighted by Gasteiger charge is 2.29. The molecule has 1 N–H and O–H groups in total. The van der Waals surface area contributed by atoms with Crippen LogP contribution in [-0.4, -0.2) is 27.2 Å². The predicted octanol–water partition coefficient (Wildman–Crippen LogP) is 3.08. The first-order valence-corrected chi connectivity index (χ1v) is 7.94. The van der Waals surface area contributed by atoms with Gasteiger partial charge >= 0.3 is 0 Å². The predicted molar refractivity (Wildman–Crippen MR) is 82.5 cm³/mol. The third-order valence-corrected chi connectivity index (χ3v) is 4.02. The fraction of sp³-hybridized carbons (Fsp3) is 0.562. The molecule has 0 aliphatic heterocycles. The number of rotatable bonds is 6. The average molecular weight is 322 g/mol. The Balaban J connectivity index is 2.03. The van der Waals surface area contributed by atoms with E-state index < -0.39 is 6.43 Å². The fourth-order valence-corrected chi connectivity index (χ4v) is 2.73. The molecule has 5 nitrogen and oxygen atoms in total. The van der Waals surface area contributed by atoms with Crippen molar-refractivity contribution in [1.29, 1.82) is 0 Å². The monoisotopic (exact) mass is 322 g/mol. The minimum Gasteiger partial charge on any atom is -0.355 e. The highest BCUT2D eigenvalue weighted by Crippen LogP contribution is 2.41. The van der Waals surface area contributed by atoms with Crippen LogP contribution in [-0.2, 0) is 11.3 Å². The summed E-state index contributed by atoms with van der Waals surface area (Å²) in [6, 6.07) is 1.50. The summed E-state index contributed by atoms with van der Waals surface area (Å²) in [6.07, 6.45) is 0.212. The number of alkyl halides is 2. The number of hydrogen-bond acceptors (Lipinski definition) is 3. The van der Waals surface area contributed by atoms with E-state index >= 15 is 0 Å². The van der Waals surface area contributed by atoms with Crippen LogP contribution < -0.4 is 5.32 Å². The van der Waals surface area contributed by atoms with E-state index in [1.54, 1.807) is 6.92 Å². The minimum atomic E-state index is -2.58. The second-order valence-corrected chi connectivity index (χ2v) is 6.00. The Morgan fingerprint density at radius 3 is 2.83 bits per heavy atom. The van der Waals surface area contributed by atoms with Crippen LogP contribution >= 0.6 is 0 Å². The van der Waals surface area contributed by atoms with Crippen LogP contribution in [0, 0.1) is 6.92 Å². The van der Waals surface area contributed by atoms with Crippen molar-refractivity contribution in [3.8, 4) is 0 Å². The maximum atomic E-state index is 13.4. The standard InChI is InChI=1S/C16H20F2N4O/c1-3-6-19-13(23)8-22-16-14(9(2)21-22)11(15(17)18)7-12(20-16)10-4-5-10/h7,10,15H,3-6,8H2,1-2H3,(H,19,23). The van der Waals surface area contributed by atoms with Crippen molar-refractivity contribution in [2.45, 2.75) is 52.0 Å². The van der Waals surface area contributed by atoms with Crippen LogP contribution in [0.3, 0.4) is 0 Å². The summed E-state index contributed by atoms with van der Waals surface area (Å²) in [4.78, 5) is 16.4. The zero-order valence-electron chi connectivity index (χ0n) is 13.3. The van der Waals surface area contributed by atoms with Crippen molar-refractivity contribution in [3.63, 3.8) is 0 Å². The molecule has 23 heavy (non-hydrogen) atoms. The molecular formula is C16H20F2N4O. The molecule has 0 saturated heterocycles. The molecule has 0 radical (unpaired) electrons. The van der Waals surface area contributed by atoms with Crippen molar-refractivity contribution in [1.82, 2.24) is 20.1 Å². The van der Waals surface area contributed by atoms with Crippen molar-refractivity contribution < 1.29 is 13.6 Å². The van der Waals surface area contributed by atoms with Gasteiger partial charge in [-0.1, -0.05) is 6.92 Å². The molecule has 1 aliphatic carbocycles. The first kappa shape index (κ1) is 15.8. The summed E-state index contributed by atoms with van der Waals surface area (Å²) in [7, 11) is 0. The van der Waals surface area contributed by atoms with Gasteiger partial charge in [0.05, 0.1) is 11.1 Å². The van der Waals surface area contributed by atoms with E-state index in [0.717, 1.165) is 19.3 Å². The van der Waals surface area contributed by atoms with Crippen LogP contribution in [0.15, 0.2) is 6.07 Å². The molecule has 2 heterocycles. The third kappa shape index (κ3) is 3.18. The number of nitrogens with zero attached hydrogens (tertiary/aromatic N) is 3. The van der Waals surface area contributed by atoms with E-state index in [2.05, 4.69) is 15.4 Å². The van der Waals surface area contributed by atoms with Crippen LogP contribution in [0.1, 0.15) is 55.5 Å². The van der Waals surface area contributed by atoms with Crippen molar-refractivity contribution in [3.05, 3.63) is 23.0 Å². The molecule has 1 aliphatic rings. The SMILES string of the molecule is CCCNC(=O)Cn1nc(C)c2c(C(F)F)cc(C3CC3)nc21. The number of aromatic nitrogens is 3. The lowest BCUT2D eigenvalue weighted by atomic mass is 10.1. The van der Waals surface area contributed by atoms with Gasteiger partial charge in [-0.25, -0.2) is 18.4 Å². The number of carbonyl (C=O) groups excluding carboxylic acids is 1. The van der Waals surface area contributed by atoms with Crippen LogP contribution in [0.2, 0.25) is 0 Å². The Kier molecular flexibility index (Phi) is 4.28. The molecule has 0 bridgehead atoms. The summed E-state index contributed by atoms with van der Waals surface area (Å²) in [5.41, 5.74) is 1.51. The number of halogens is 2. The summed E-state index contributed by atoms with van der Waals surface area (Å²) in [6.45, 7) is 4.22. The van der Waals surface area contributed by atoms with E-state index in [0.29, 0.717) is 29.0 Å². The molecule has 2 aromatic heterocycles. The van der Waals surface area contributed by atoms with E-state index in [1.807, 2.05) is 6.92 Å². The lowest BCUT2D eigenvalue weighted by molar-refractivity contribution is -0.121. The van der Waals surface area contributed by atoms with E-state index in [-0.39, 0.29) is 23.9 Å². The first-order valence-electron chi connectivity index (χ1n) is 7.94. The number of fused-ring (bicyclic) bond motifs is 1. The van der Waals surface area contributed by atoms with Gasteiger partial charge in [-0.05, 0) is 32.3 Å². The second-order valence-electron chi connectivity index (χ2n) is 6.00. The Labute approximate surface area is 133 Å². The molecule has 7 heteroatoms. The largest absolute Gasteiger partial charge is 0.355 e. The highest BCUT2D eigenvalue weighted by atomic mass is 19.3. The molecule has 1 saturated carbocycles. The fourth-order valence-electron chi connectivity index (χ4n) is 2.73. The lowest BCUT2D eigenvalue weighted by Gasteiger charge is -2.08. The number of pyridine rings is 1. The molecule has 1 amide bonds. The van der Waals surface area contributed by atoms with Gasteiger partial charge in [0.1, 0.15) is 6.54 Å². The molecule has 0 spiro atoms. The van der Waals surface area contributed by atoms with E-state index in [1.165, 1.54) is 10.7 Å². The maximum absolute atomic E-state index is 13.4. The van der Waals surface area contributed by atoms with Crippen LogP contribution in [0.25, 0.3) is 11.0 Å². The molecule has 2 aromatic rings. The average Bonchev–Trinajstić information content (AvgIpc) is 3.31. The van der Waals surface area contributed by atoms with E-state index in [9.17, 15) is 13.6 Å². The normalized spacial score (nSPS) is 14.7. The first-order chi connectivity index (χ1) is 11.0. The van der Waals surface area contributed by atoms with Crippen LogP contribution in [0.5, 0.6) is 0 Å². The van der Waals surface area contributed by atoms with E-state index in [4.69, 9.17) is 0 Å². The summed E-state index contributed by atoms with van der Waals surface area (Å²) in [5.74, 6) is 0.0722. The number of hydrogen-bond donors (Lipinski definition) is 1. The lowest BCUT2D eigenvalue weighted by Crippen LogP contribution is -2.28. The summed E-state index contributed by atoms with van der Waals surface area (Å²) < 4.78 is 28.3. The molecule has 0 atom stereocenters. The van der Waals surface area contributed by atoms with Gasteiger partial charge in [0.2, 0.25) is 5.91 Å². The smallest absolute Gasteiger partial charge is 0.264 e. The Bertz CT molecular complexity index is 737. The van der Waals surface area contributed by atoms with Gasteiger partial charge in [-0.3, -0.25) is 4.79 Å². The van der Waals surface area contributed by atoms with Gasteiger partial charge in [-0.15, -0.1) is 0 Å². The third-order valence-electron chi connectivity index (χ3n) is 4.02. The molecule has 0 aromatic carbocycles. The summed E-state index contributed by atoms with van der Waals surface area (Å²) >= 11 is 0. The van der Waals surface area contributed by atoms with Gasteiger partial charge in [-0.2, -0.15) is 5.10 Å². The molecule has 0 unspecified atom stereocenters. The van der Waals surface area contributed by atoms with Gasteiger partial charge in [0.15, 0.2) is 5.65 Å². The topological polar surface area (TPSA) is 59.8 Å². The number of aryl methyl sites for hydroxylation is 1. The maximum Gasteiger partial charge on any atom is 0.264 e. The van der Waals surface area contributed by atoms with Gasteiger partial charge in [0, 0.05) is 23.7 Å². The molecule has 3 rings (SSSR count). The molecule has 124 valence electrons. The van der Waals surface area contributed by atoms with Gasteiger partial charge in [0.25, 0.3) is 6.43 Å². The Morgan fingerprint density at radius 1 is 1.48 bits per heavy atom. The number of amides is 1.